The summed E-state index contributed by atoms with van der Waals surface area (Å²) < 4.78 is 0. The first-order chi connectivity index (χ1) is 7.25. The van der Waals surface area contributed by atoms with Crippen LogP contribution in [-0.4, -0.2) is 28.3 Å². The molecule has 1 atom stereocenters. The zero-order valence-electron chi connectivity index (χ0n) is 8.11. The molecule has 0 radical (unpaired) electrons. The van der Waals surface area contributed by atoms with Crippen LogP contribution in [0.4, 0.5) is 5.82 Å². The summed E-state index contributed by atoms with van der Waals surface area (Å²) in [4.78, 5) is 22.0. The molecule has 3 rings (SSSR count). The molecule has 0 bridgehead atoms. The SMILES string of the molecule is O=C1Cc2cnc(Cl)nc2N2CCCC12. The Bertz CT molecular complexity index is 435. The summed E-state index contributed by atoms with van der Waals surface area (Å²) in [6.45, 7) is 0.900. The number of carbonyl (C=O) groups is 1. The van der Waals surface area contributed by atoms with Gasteiger partial charge in [-0.1, -0.05) is 0 Å². The molecule has 2 aliphatic heterocycles. The van der Waals surface area contributed by atoms with Crippen molar-refractivity contribution in [3.05, 3.63) is 17.0 Å². The first-order valence-corrected chi connectivity index (χ1v) is 5.44. The lowest BCUT2D eigenvalue weighted by molar-refractivity contribution is -0.119. The van der Waals surface area contributed by atoms with Gasteiger partial charge < -0.3 is 4.90 Å². The first-order valence-electron chi connectivity index (χ1n) is 5.06. The van der Waals surface area contributed by atoms with Crippen LogP contribution in [0.15, 0.2) is 6.20 Å². The van der Waals surface area contributed by atoms with E-state index >= 15 is 0 Å². The van der Waals surface area contributed by atoms with Crippen LogP contribution in [0, 0.1) is 0 Å². The average molecular weight is 224 g/mol. The van der Waals surface area contributed by atoms with Crippen molar-refractivity contribution >= 4 is 23.2 Å². The molecule has 0 spiro atoms. The van der Waals surface area contributed by atoms with Crippen LogP contribution in [0.25, 0.3) is 0 Å². The van der Waals surface area contributed by atoms with E-state index in [9.17, 15) is 4.79 Å². The number of halogens is 1. The summed E-state index contributed by atoms with van der Waals surface area (Å²) in [5.74, 6) is 1.14. The Balaban J connectivity index is 2.12. The van der Waals surface area contributed by atoms with Crippen molar-refractivity contribution in [2.45, 2.75) is 25.3 Å². The third-order valence-corrected chi connectivity index (χ3v) is 3.26. The normalized spacial score (nSPS) is 23.9. The lowest BCUT2D eigenvalue weighted by Crippen LogP contribution is -2.42. The zero-order valence-corrected chi connectivity index (χ0v) is 8.87. The molecule has 0 saturated carbocycles. The van der Waals surface area contributed by atoms with E-state index in [0.29, 0.717) is 6.42 Å². The molecular formula is C10H10ClN3O. The molecule has 3 heterocycles. The molecule has 0 aliphatic carbocycles. The third-order valence-electron chi connectivity index (χ3n) is 3.07. The van der Waals surface area contributed by atoms with Crippen molar-refractivity contribution in [1.82, 2.24) is 9.97 Å². The van der Waals surface area contributed by atoms with E-state index in [0.717, 1.165) is 30.8 Å². The van der Waals surface area contributed by atoms with E-state index in [-0.39, 0.29) is 17.1 Å². The van der Waals surface area contributed by atoms with Crippen LogP contribution in [-0.2, 0) is 11.2 Å². The maximum Gasteiger partial charge on any atom is 0.224 e. The quantitative estimate of drug-likeness (QED) is 0.621. The second-order valence-electron chi connectivity index (χ2n) is 3.98. The third kappa shape index (κ3) is 1.32. The molecule has 1 unspecified atom stereocenters. The highest BCUT2D eigenvalue weighted by Crippen LogP contribution is 2.33. The molecule has 5 heteroatoms. The number of anilines is 1. The number of nitrogens with zero attached hydrogens (tertiary/aromatic N) is 3. The van der Waals surface area contributed by atoms with Gasteiger partial charge in [-0.25, -0.2) is 9.97 Å². The van der Waals surface area contributed by atoms with Gasteiger partial charge >= 0.3 is 0 Å². The van der Waals surface area contributed by atoms with E-state index in [4.69, 9.17) is 11.6 Å². The van der Waals surface area contributed by atoms with Crippen molar-refractivity contribution in [3.8, 4) is 0 Å². The summed E-state index contributed by atoms with van der Waals surface area (Å²) in [7, 11) is 0. The van der Waals surface area contributed by atoms with Crippen molar-refractivity contribution in [2.24, 2.45) is 0 Å². The van der Waals surface area contributed by atoms with Gasteiger partial charge in [-0.05, 0) is 24.4 Å². The van der Waals surface area contributed by atoms with Gasteiger partial charge in [-0.3, -0.25) is 4.79 Å². The van der Waals surface area contributed by atoms with E-state index in [1.54, 1.807) is 6.20 Å². The van der Waals surface area contributed by atoms with E-state index in [1.165, 1.54) is 0 Å². The van der Waals surface area contributed by atoms with Crippen LogP contribution in [0.1, 0.15) is 18.4 Å². The highest BCUT2D eigenvalue weighted by molar-refractivity contribution is 6.28. The van der Waals surface area contributed by atoms with Crippen molar-refractivity contribution in [1.29, 1.82) is 0 Å². The summed E-state index contributed by atoms with van der Waals surface area (Å²) in [6.07, 6.45) is 4.11. The monoisotopic (exact) mass is 223 g/mol. The predicted molar refractivity (Wildman–Crippen MR) is 56.1 cm³/mol. The summed E-state index contributed by atoms with van der Waals surface area (Å²) in [5.41, 5.74) is 0.905. The Kier molecular flexibility index (Phi) is 1.92. The number of ketones is 1. The molecule has 2 aliphatic rings. The molecule has 0 aromatic carbocycles. The number of hydrogen-bond acceptors (Lipinski definition) is 4. The number of fused-ring (bicyclic) bond motifs is 3. The Hall–Kier alpha value is -1.16. The maximum absolute atomic E-state index is 11.8. The second-order valence-corrected chi connectivity index (χ2v) is 4.32. The molecule has 1 saturated heterocycles. The molecule has 15 heavy (non-hydrogen) atoms. The first kappa shape index (κ1) is 9.09. The van der Waals surface area contributed by atoms with Gasteiger partial charge in [0.2, 0.25) is 5.28 Å². The van der Waals surface area contributed by atoms with Gasteiger partial charge in [0, 0.05) is 24.7 Å². The van der Waals surface area contributed by atoms with E-state index < -0.39 is 0 Å². The molecule has 0 amide bonds. The highest BCUT2D eigenvalue weighted by atomic mass is 35.5. The number of Topliss-reactive ketones (excluding diaryl/α,β-unsaturated/α-hetero) is 1. The van der Waals surface area contributed by atoms with Crippen LogP contribution in [0.3, 0.4) is 0 Å². The lowest BCUT2D eigenvalue weighted by Gasteiger charge is -2.30. The molecule has 1 aromatic rings. The fourth-order valence-corrected chi connectivity index (χ4v) is 2.54. The molecule has 1 fully saturated rings. The smallest absolute Gasteiger partial charge is 0.224 e. The Labute approximate surface area is 92.3 Å². The standard InChI is InChI=1S/C10H10ClN3O/c11-10-12-5-6-4-8(15)7-2-1-3-14(7)9(6)13-10/h5,7H,1-4H2. The number of rotatable bonds is 0. The predicted octanol–water partition coefficient (Wildman–Crippen LogP) is 1.22. The van der Waals surface area contributed by atoms with Crippen LogP contribution < -0.4 is 4.90 Å². The minimum Gasteiger partial charge on any atom is -0.346 e. The van der Waals surface area contributed by atoms with E-state index in [1.807, 2.05) is 0 Å². The van der Waals surface area contributed by atoms with Gasteiger partial charge in [0.25, 0.3) is 0 Å². The topological polar surface area (TPSA) is 46.1 Å². The number of hydrogen-bond donors (Lipinski definition) is 0. The Morgan fingerprint density at radius 3 is 3.27 bits per heavy atom. The molecule has 0 N–H and O–H groups in total. The highest BCUT2D eigenvalue weighted by Gasteiger charge is 2.37. The number of carbonyl (C=O) groups excluding carboxylic acids is 1. The van der Waals surface area contributed by atoms with Gasteiger partial charge in [-0.2, -0.15) is 0 Å². The molecule has 78 valence electrons. The van der Waals surface area contributed by atoms with Gasteiger partial charge in [0.1, 0.15) is 5.82 Å². The van der Waals surface area contributed by atoms with Gasteiger partial charge in [-0.15, -0.1) is 0 Å². The second kappa shape index (κ2) is 3.17. The number of aromatic nitrogens is 2. The minimum absolute atomic E-state index is 0.0310. The van der Waals surface area contributed by atoms with Crippen molar-refractivity contribution < 1.29 is 4.79 Å². The van der Waals surface area contributed by atoms with Crippen LogP contribution in [0.5, 0.6) is 0 Å². The summed E-state index contributed by atoms with van der Waals surface area (Å²) in [6, 6.07) is 0.0310. The molecule has 1 aromatic heterocycles. The largest absolute Gasteiger partial charge is 0.346 e. The Morgan fingerprint density at radius 1 is 1.53 bits per heavy atom. The van der Waals surface area contributed by atoms with Gasteiger partial charge in [0.15, 0.2) is 5.78 Å². The molecule has 4 nitrogen and oxygen atoms in total. The average Bonchev–Trinajstić information content (AvgIpc) is 2.69. The van der Waals surface area contributed by atoms with Crippen molar-refractivity contribution in [3.63, 3.8) is 0 Å². The van der Waals surface area contributed by atoms with E-state index in [2.05, 4.69) is 14.9 Å². The zero-order chi connectivity index (χ0) is 10.4. The maximum atomic E-state index is 11.8. The minimum atomic E-state index is 0.0310. The molecular weight excluding hydrogens is 214 g/mol. The van der Waals surface area contributed by atoms with Crippen LogP contribution >= 0.6 is 11.6 Å². The lowest BCUT2D eigenvalue weighted by atomic mass is 9.99. The van der Waals surface area contributed by atoms with Crippen molar-refractivity contribution in [2.75, 3.05) is 11.4 Å². The summed E-state index contributed by atoms with van der Waals surface area (Å²) in [5, 5.41) is 0.258. The Morgan fingerprint density at radius 2 is 2.40 bits per heavy atom. The fourth-order valence-electron chi connectivity index (χ4n) is 2.41. The fraction of sp³-hybridized carbons (Fsp3) is 0.500. The van der Waals surface area contributed by atoms with Crippen LogP contribution in [0.2, 0.25) is 5.28 Å². The summed E-state index contributed by atoms with van der Waals surface area (Å²) >= 11 is 5.77. The van der Waals surface area contributed by atoms with Gasteiger partial charge in [0.05, 0.1) is 6.04 Å².